The second-order valence-corrected chi connectivity index (χ2v) is 7.72. The van der Waals surface area contributed by atoms with E-state index in [2.05, 4.69) is 0 Å². The van der Waals surface area contributed by atoms with E-state index >= 15 is 0 Å². The van der Waals surface area contributed by atoms with Crippen LogP contribution in [0.15, 0.2) is 54.6 Å². The molecule has 3 aromatic carbocycles. The third-order valence-electron chi connectivity index (χ3n) is 5.92. The minimum atomic E-state index is -1.03. The second kappa shape index (κ2) is 9.35. The Labute approximate surface area is 197 Å². The second-order valence-electron chi connectivity index (χ2n) is 7.72. The number of rotatable bonds is 7. The molecule has 3 aromatic rings. The fraction of sp³-hybridized carbons (Fsp3) is 0.231. The van der Waals surface area contributed by atoms with E-state index in [1.165, 1.54) is 12.1 Å². The number of carboxylic acids is 1. The summed E-state index contributed by atoms with van der Waals surface area (Å²) in [5, 5.41) is 9.28. The van der Waals surface area contributed by atoms with Gasteiger partial charge in [-0.2, -0.15) is 0 Å². The van der Waals surface area contributed by atoms with E-state index in [1.807, 2.05) is 24.3 Å². The summed E-state index contributed by atoms with van der Waals surface area (Å²) in [5.74, 6) is 1.01. The number of carbonyl (C=O) groups is 2. The molecular weight excluding hydrogens is 438 g/mol. The van der Waals surface area contributed by atoms with Gasteiger partial charge in [-0.05, 0) is 65.2 Å². The zero-order chi connectivity index (χ0) is 24.4. The number of benzene rings is 3. The molecule has 0 aromatic heterocycles. The molecule has 1 aliphatic heterocycles. The third kappa shape index (κ3) is 3.98. The smallest absolute Gasteiger partial charge is 0.335 e. The van der Waals surface area contributed by atoms with Crippen LogP contribution in [0, 0.1) is 0 Å². The lowest BCUT2D eigenvalue weighted by molar-refractivity contribution is -0.118. The average Bonchev–Trinajstić information content (AvgIpc) is 2.86. The Balaban J connectivity index is 1.94. The minimum Gasteiger partial charge on any atom is -0.493 e. The minimum absolute atomic E-state index is 0.137. The SMILES string of the molecule is COc1ccc([C@@H]2c3cc(OC)c(OC)cc3CC(=O)N2c2ccc(C(=O)O)cc2)cc1OC. The standard InChI is InChI=1S/C26H25NO7/c1-31-20-10-7-16(11-21(20)32-2)25-19-14-23(34-4)22(33-3)12-17(19)13-24(28)27(25)18-8-5-15(6-9-18)26(29)30/h5-12,14,25H,13H2,1-4H3,(H,29,30)/t25-/m1/s1. The van der Waals surface area contributed by atoms with E-state index < -0.39 is 12.0 Å². The Morgan fingerprint density at radius 2 is 1.41 bits per heavy atom. The number of amides is 1. The molecule has 0 aliphatic carbocycles. The molecular formula is C26H25NO7. The molecule has 1 heterocycles. The molecule has 1 N–H and O–H groups in total. The van der Waals surface area contributed by atoms with E-state index in [1.54, 1.807) is 51.5 Å². The van der Waals surface area contributed by atoms with Crippen LogP contribution in [0.4, 0.5) is 5.69 Å². The Hall–Kier alpha value is -4.20. The molecule has 0 fully saturated rings. The predicted molar refractivity (Wildman–Crippen MR) is 126 cm³/mol. The molecule has 0 saturated heterocycles. The van der Waals surface area contributed by atoms with Crippen molar-refractivity contribution in [2.45, 2.75) is 12.5 Å². The number of hydrogen-bond acceptors (Lipinski definition) is 6. The first-order chi connectivity index (χ1) is 16.4. The van der Waals surface area contributed by atoms with Gasteiger partial charge in [0, 0.05) is 5.69 Å². The lowest BCUT2D eigenvalue weighted by Gasteiger charge is -2.38. The van der Waals surface area contributed by atoms with E-state index in [9.17, 15) is 14.7 Å². The molecule has 0 spiro atoms. The molecule has 0 radical (unpaired) electrons. The lowest BCUT2D eigenvalue weighted by Crippen LogP contribution is -2.41. The number of methoxy groups -OCH3 is 4. The summed E-state index contributed by atoms with van der Waals surface area (Å²) >= 11 is 0. The van der Waals surface area contributed by atoms with E-state index in [-0.39, 0.29) is 17.9 Å². The molecule has 4 rings (SSSR count). The largest absolute Gasteiger partial charge is 0.493 e. The topological polar surface area (TPSA) is 94.5 Å². The number of anilines is 1. The Morgan fingerprint density at radius 1 is 0.824 bits per heavy atom. The molecule has 1 amide bonds. The number of nitrogens with zero attached hydrogens (tertiary/aromatic N) is 1. The molecule has 1 atom stereocenters. The Morgan fingerprint density at radius 3 is 2.00 bits per heavy atom. The fourth-order valence-electron chi connectivity index (χ4n) is 4.28. The van der Waals surface area contributed by atoms with Crippen LogP contribution in [0.1, 0.15) is 33.1 Å². The molecule has 0 saturated carbocycles. The van der Waals surface area contributed by atoms with Crippen molar-refractivity contribution in [3.63, 3.8) is 0 Å². The Kier molecular flexibility index (Phi) is 6.32. The van der Waals surface area contributed by atoms with Crippen LogP contribution in [0.2, 0.25) is 0 Å². The summed E-state index contributed by atoms with van der Waals surface area (Å²) in [7, 11) is 6.23. The van der Waals surface area contributed by atoms with Gasteiger partial charge in [0.05, 0.1) is 46.5 Å². The average molecular weight is 463 g/mol. The van der Waals surface area contributed by atoms with Crippen molar-refractivity contribution >= 4 is 17.6 Å². The van der Waals surface area contributed by atoms with Crippen molar-refractivity contribution in [2.24, 2.45) is 0 Å². The van der Waals surface area contributed by atoms with Crippen molar-refractivity contribution < 1.29 is 33.6 Å². The van der Waals surface area contributed by atoms with Crippen molar-refractivity contribution in [2.75, 3.05) is 33.3 Å². The van der Waals surface area contributed by atoms with Gasteiger partial charge in [-0.1, -0.05) is 6.07 Å². The van der Waals surface area contributed by atoms with Gasteiger partial charge in [-0.25, -0.2) is 4.79 Å². The van der Waals surface area contributed by atoms with Gasteiger partial charge in [0.1, 0.15) is 0 Å². The first kappa shape index (κ1) is 23.0. The predicted octanol–water partition coefficient (Wildman–Crippen LogP) is 4.10. The highest BCUT2D eigenvalue weighted by atomic mass is 16.5. The molecule has 176 valence electrons. The van der Waals surface area contributed by atoms with Gasteiger partial charge in [-0.15, -0.1) is 0 Å². The summed E-state index contributed by atoms with van der Waals surface area (Å²) in [6.45, 7) is 0. The summed E-state index contributed by atoms with van der Waals surface area (Å²) in [6.07, 6.45) is 0.153. The van der Waals surface area contributed by atoms with Gasteiger partial charge >= 0.3 is 5.97 Å². The number of carbonyl (C=O) groups excluding carboxylic acids is 1. The van der Waals surface area contributed by atoms with Gasteiger partial charge in [0.25, 0.3) is 0 Å². The quantitative estimate of drug-likeness (QED) is 0.564. The molecule has 0 unspecified atom stereocenters. The number of fused-ring (bicyclic) bond motifs is 1. The fourth-order valence-corrected chi connectivity index (χ4v) is 4.28. The van der Waals surface area contributed by atoms with Gasteiger partial charge < -0.3 is 29.0 Å². The summed E-state index contributed by atoms with van der Waals surface area (Å²) < 4.78 is 21.9. The van der Waals surface area contributed by atoms with Crippen molar-refractivity contribution in [1.82, 2.24) is 0 Å². The van der Waals surface area contributed by atoms with Crippen LogP contribution in [0.5, 0.6) is 23.0 Å². The number of aromatic carboxylic acids is 1. The summed E-state index contributed by atoms with van der Waals surface area (Å²) in [6, 6.07) is 14.9. The lowest BCUT2D eigenvalue weighted by atomic mass is 9.86. The normalized spacial score (nSPS) is 14.9. The van der Waals surface area contributed by atoms with Crippen LogP contribution in [-0.2, 0) is 11.2 Å². The maximum atomic E-state index is 13.5. The monoisotopic (exact) mass is 463 g/mol. The first-order valence-electron chi connectivity index (χ1n) is 10.5. The van der Waals surface area contributed by atoms with E-state index in [0.717, 1.165) is 16.7 Å². The molecule has 34 heavy (non-hydrogen) atoms. The Bertz CT molecular complexity index is 1240. The maximum Gasteiger partial charge on any atom is 0.335 e. The molecule has 8 nitrogen and oxygen atoms in total. The zero-order valence-electron chi connectivity index (χ0n) is 19.3. The van der Waals surface area contributed by atoms with Crippen LogP contribution in [0.25, 0.3) is 0 Å². The highest BCUT2D eigenvalue weighted by Gasteiger charge is 2.36. The summed E-state index contributed by atoms with van der Waals surface area (Å²) in [5.41, 5.74) is 3.20. The van der Waals surface area contributed by atoms with Crippen LogP contribution in [0.3, 0.4) is 0 Å². The van der Waals surface area contributed by atoms with Crippen LogP contribution in [-0.4, -0.2) is 45.4 Å². The van der Waals surface area contributed by atoms with Gasteiger partial charge in [0.2, 0.25) is 5.91 Å². The highest BCUT2D eigenvalue weighted by molar-refractivity contribution is 5.99. The van der Waals surface area contributed by atoms with Gasteiger partial charge in [-0.3, -0.25) is 4.79 Å². The van der Waals surface area contributed by atoms with Crippen molar-refractivity contribution in [3.8, 4) is 23.0 Å². The summed E-state index contributed by atoms with van der Waals surface area (Å²) in [4.78, 5) is 26.5. The zero-order valence-corrected chi connectivity index (χ0v) is 19.3. The highest BCUT2D eigenvalue weighted by Crippen LogP contribution is 2.44. The molecule has 8 heteroatoms. The number of ether oxygens (including phenoxy) is 4. The van der Waals surface area contributed by atoms with E-state index in [4.69, 9.17) is 18.9 Å². The third-order valence-corrected chi connectivity index (χ3v) is 5.92. The number of carboxylic acid groups (broad SMARTS) is 1. The number of hydrogen-bond donors (Lipinski definition) is 1. The van der Waals surface area contributed by atoms with Crippen molar-refractivity contribution in [3.05, 3.63) is 76.9 Å². The molecule has 0 bridgehead atoms. The van der Waals surface area contributed by atoms with Crippen molar-refractivity contribution in [1.29, 1.82) is 0 Å². The van der Waals surface area contributed by atoms with Crippen LogP contribution < -0.4 is 23.8 Å². The maximum absolute atomic E-state index is 13.5. The van der Waals surface area contributed by atoms with Crippen LogP contribution >= 0.6 is 0 Å². The molecule has 1 aliphatic rings. The van der Waals surface area contributed by atoms with Gasteiger partial charge in [0.15, 0.2) is 23.0 Å². The first-order valence-corrected chi connectivity index (χ1v) is 10.5. The van der Waals surface area contributed by atoms with E-state index in [0.29, 0.717) is 28.7 Å².